The fraction of sp³-hybridized carbons (Fsp3) is 0.625. The van der Waals surface area contributed by atoms with Gasteiger partial charge in [0.15, 0.2) is 0 Å². The number of amides is 1. The number of hydrogen-bond donors (Lipinski definition) is 1. The summed E-state index contributed by atoms with van der Waals surface area (Å²) in [6.07, 6.45) is -2.56. The Morgan fingerprint density at radius 1 is 1.44 bits per heavy atom. The standard InChI is InChI=1S/C16H21ClF3N3O2/c1-15(2,3)25-14(24)23-6-4-5-11(23)9-22-13-12(17)7-10(8-21-13)16(18,19)20/h7-8,11H,4-6,9H2,1-3H3,(H,21,22)/t11-/m0/s1. The van der Waals surface area contributed by atoms with Gasteiger partial charge in [-0.3, -0.25) is 0 Å². The van der Waals surface area contributed by atoms with E-state index < -0.39 is 23.4 Å². The molecule has 0 aromatic carbocycles. The zero-order chi connectivity index (χ0) is 18.8. The van der Waals surface area contributed by atoms with Gasteiger partial charge in [-0.15, -0.1) is 0 Å². The molecule has 0 spiro atoms. The number of ether oxygens (including phenoxy) is 1. The molecule has 0 radical (unpaired) electrons. The number of hydrogen-bond acceptors (Lipinski definition) is 4. The number of pyridine rings is 1. The van der Waals surface area contributed by atoms with Crippen molar-refractivity contribution in [2.24, 2.45) is 0 Å². The van der Waals surface area contributed by atoms with E-state index in [2.05, 4.69) is 10.3 Å². The molecule has 2 heterocycles. The van der Waals surface area contributed by atoms with Crippen molar-refractivity contribution in [3.63, 3.8) is 0 Å². The molecule has 2 rings (SSSR count). The summed E-state index contributed by atoms with van der Waals surface area (Å²) in [5.74, 6) is 0.158. The van der Waals surface area contributed by atoms with Crippen LogP contribution < -0.4 is 5.32 Å². The van der Waals surface area contributed by atoms with E-state index >= 15 is 0 Å². The molecule has 1 fully saturated rings. The van der Waals surface area contributed by atoms with Gasteiger partial charge in [0.05, 0.1) is 16.6 Å². The van der Waals surface area contributed by atoms with Crippen LogP contribution in [-0.4, -0.2) is 40.7 Å². The number of nitrogens with one attached hydrogen (secondary N) is 1. The van der Waals surface area contributed by atoms with Crippen molar-refractivity contribution in [2.45, 2.75) is 51.4 Å². The molecule has 5 nitrogen and oxygen atoms in total. The van der Waals surface area contributed by atoms with Gasteiger partial charge in [0, 0.05) is 19.3 Å². The molecule has 0 unspecified atom stereocenters. The second-order valence-corrected chi connectivity index (χ2v) is 7.31. The van der Waals surface area contributed by atoms with Gasteiger partial charge in [0.1, 0.15) is 11.4 Å². The molecule has 1 amide bonds. The zero-order valence-electron chi connectivity index (χ0n) is 14.3. The molecule has 1 aliphatic heterocycles. The SMILES string of the molecule is CC(C)(C)OC(=O)N1CCC[C@H]1CNc1ncc(C(F)(F)F)cc1Cl. The Morgan fingerprint density at radius 3 is 2.68 bits per heavy atom. The number of nitrogens with zero attached hydrogens (tertiary/aromatic N) is 2. The fourth-order valence-corrected chi connectivity index (χ4v) is 2.78. The molecule has 140 valence electrons. The Hall–Kier alpha value is -1.70. The van der Waals surface area contributed by atoms with Crippen LogP contribution in [0.3, 0.4) is 0 Å². The highest BCUT2D eigenvalue weighted by Gasteiger charge is 2.33. The summed E-state index contributed by atoms with van der Waals surface area (Å²) in [5, 5.41) is 2.81. The van der Waals surface area contributed by atoms with Crippen molar-refractivity contribution < 1.29 is 22.7 Å². The average molecular weight is 380 g/mol. The summed E-state index contributed by atoms with van der Waals surface area (Å²) in [5.41, 5.74) is -1.49. The highest BCUT2D eigenvalue weighted by Crippen LogP contribution is 2.32. The van der Waals surface area contributed by atoms with E-state index in [0.29, 0.717) is 13.1 Å². The molecule has 1 aromatic rings. The summed E-state index contributed by atoms with van der Waals surface area (Å²) in [7, 11) is 0. The Balaban J connectivity index is 1.99. The first kappa shape index (κ1) is 19.6. The first-order valence-electron chi connectivity index (χ1n) is 7.93. The molecule has 0 saturated carbocycles. The van der Waals surface area contributed by atoms with E-state index in [1.54, 1.807) is 25.7 Å². The first-order valence-corrected chi connectivity index (χ1v) is 8.31. The van der Waals surface area contributed by atoms with Gasteiger partial charge in [-0.25, -0.2) is 9.78 Å². The van der Waals surface area contributed by atoms with Crippen LogP contribution >= 0.6 is 11.6 Å². The number of aromatic nitrogens is 1. The van der Waals surface area contributed by atoms with Crippen LogP contribution in [0.1, 0.15) is 39.2 Å². The van der Waals surface area contributed by atoms with E-state index in [-0.39, 0.29) is 16.9 Å². The van der Waals surface area contributed by atoms with Crippen molar-refractivity contribution in [1.29, 1.82) is 0 Å². The van der Waals surface area contributed by atoms with E-state index in [9.17, 15) is 18.0 Å². The Labute approximate surface area is 149 Å². The number of halogens is 4. The third-order valence-corrected chi connectivity index (χ3v) is 3.97. The summed E-state index contributed by atoms with van der Waals surface area (Å²) in [4.78, 5) is 17.6. The summed E-state index contributed by atoms with van der Waals surface area (Å²) < 4.78 is 43.3. The maximum atomic E-state index is 12.6. The minimum atomic E-state index is -4.49. The van der Waals surface area contributed by atoms with Gasteiger partial charge in [0.25, 0.3) is 0 Å². The number of carbonyl (C=O) groups is 1. The molecule has 1 saturated heterocycles. The largest absolute Gasteiger partial charge is 0.444 e. The average Bonchev–Trinajstić information content (AvgIpc) is 2.91. The predicted octanol–water partition coefficient (Wildman–Crippen LogP) is 4.57. The van der Waals surface area contributed by atoms with E-state index in [1.165, 1.54) is 0 Å². The molecule has 1 N–H and O–H groups in total. The molecule has 1 aromatic heterocycles. The van der Waals surface area contributed by atoms with Gasteiger partial charge in [0.2, 0.25) is 0 Å². The minimum Gasteiger partial charge on any atom is -0.444 e. The van der Waals surface area contributed by atoms with Gasteiger partial charge >= 0.3 is 12.3 Å². The lowest BCUT2D eigenvalue weighted by Crippen LogP contribution is -2.42. The van der Waals surface area contributed by atoms with Gasteiger partial charge in [-0.1, -0.05) is 11.6 Å². The quantitative estimate of drug-likeness (QED) is 0.836. The molecule has 1 atom stereocenters. The van der Waals surface area contributed by atoms with Crippen LogP contribution in [0, 0.1) is 0 Å². The molecular weight excluding hydrogens is 359 g/mol. The summed E-state index contributed by atoms with van der Waals surface area (Å²) in [6.45, 7) is 6.28. The Morgan fingerprint density at radius 2 is 2.12 bits per heavy atom. The molecule has 0 bridgehead atoms. The first-order chi connectivity index (χ1) is 11.5. The number of carbonyl (C=O) groups excluding carboxylic acids is 1. The summed E-state index contributed by atoms with van der Waals surface area (Å²) in [6, 6.07) is 0.701. The highest BCUT2D eigenvalue weighted by atomic mass is 35.5. The highest BCUT2D eigenvalue weighted by molar-refractivity contribution is 6.32. The number of likely N-dealkylation sites (tertiary alicyclic amines) is 1. The fourth-order valence-electron chi connectivity index (χ4n) is 2.55. The molecule has 1 aliphatic rings. The Kier molecular flexibility index (Phi) is 5.71. The van der Waals surface area contributed by atoms with Gasteiger partial charge < -0.3 is 15.0 Å². The second-order valence-electron chi connectivity index (χ2n) is 6.90. The summed E-state index contributed by atoms with van der Waals surface area (Å²) >= 11 is 5.88. The van der Waals surface area contributed by atoms with Crippen molar-refractivity contribution in [3.8, 4) is 0 Å². The third kappa shape index (κ3) is 5.39. The molecule has 0 aliphatic carbocycles. The molecular formula is C16H21ClF3N3O2. The van der Waals surface area contributed by atoms with Crippen LogP contribution in [0.25, 0.3) is 0 Å². The van der Waals surface area contributed by atoms with E-state index in [0.717, 1.165) is 25.1 Å². The van der Waals surface area contributed by atoms with Crippen molar-refractivity contribution in [1.82, 2.24) is 9.88 Å². The van der Waals surface area contributed by atoms with Crippen LogP contribution in [0.4, 0.5) is 23.8 Å². The zero-order valence-corrected chi connectivity index (χ0v) is 15.0. The van der Waals surface area contributed by atoms with Crippen LogP contribution in [-0.2, 0) is 10.9 Å². The minimum absolute atomic E-state index is 0.114. The van der Waals surface area contributed by atoms with Gasteiger partial charge in [-0.2, -0.15) is 13.2 Å². The monoisotopic (exact) mass is 379 g/mol. The van der Waals surface area contributed by atoms with Crippen molar-refractivity contribution >= 4 is 23.5 Å². The number of rotatable bonds is 3. The van der Waals surface area contributed by atoms with Crippen LogP contribution in [0.5, 0.6) is 0 Å². The maximum absolute atomic E-state index is 12.6. The Bertz CT molecular complexity index is 632. The van der Waals surface area contributed by atoms with Crippen LogP contribution in [0.2, 0.25) is 5.02 Å². The topological polar surface area (TPSA) is 54.5 Å². The van der Waals surface area contributed by atoms with E-state index in [1.807, 2.05) is 0 Å². The number of alkyl halides is 3. The number of anilines is 1. The van der Waals surface area contributed by atoms with Gasteiger partial charge in [-0.05, 0) is 39.7 Å². The second kappa shape index (κ2) is 7.27. The predicted molar refractivity (Wildman–Crippen MR) is 88.7 cm³/mol. The smallest absolute Gasteiger partial charge is 0.417 e. The third-order valence-electron chi connectivity index (χ3n) is 3.68. The maximum Gasteiger partial charge on any atom is 0.417 e. The normalized spacial score (nSPS) is 18.4. The lowest BCUT2D eigenvalue weighted by molar-refractivity contribution is -0.137. The van der Waals surface area contributed by atoms with Crippen molar-refractivity contribution in [3.05, 3.63) is 22.8 Å². The van der Waals surface area contributed by atoms with E-state index in [4.69, 9.17) is 16.3 Å². The molecule has 9 heteroatoms. The lowest BCUT2D eigenvalue weighted by atomic mass is 10.2. The molecule has 25 heavy (non-hydrogen) atoms. The van der Waals surface area contributed by atoms with Crippen molar-refractivity contribution in [2.75, 3.05) is 18.4 Å². The lowest BCUT2D eigenvalue weighted by Gasteiger charge is -2.28. The van der Waals surface area contributed by atoms with Crippen LogP contribution in [0.15, 0.2) is 12.3 Å².